The molecule has 0 aromatic carbocycles. The molecule has 9 nitrogen and oxygen atoms in total. The maximum atomic E-state index is 12.4. The minimum Gasteiger partial charge on any atom is -0.473 e. The van der Waals surface area contributed by atoms with E-state index >= 15 is 0 Å². The molecule has 27 heavy (non-hydrogen) atoms. The summed E-state index contributed by atoms with van der Waals surface area (Å²) in [5.41, 5.74) is -0.104. The first kappa shape index (κ1) is 17.0. The van der Waals surface area contributed by atoms with E-state index in [-0.39, 0.29) is 12.0 Å². The van der Waals surface area contributed by atoms with E-state index in [2.05, 4.69) is 15.3 Å². The Morgan fingerprint density at radius 2 is 2.00 bits per heavy atom. The molecular weight excluding hydrogens is 350 g/mol. The monoisotopic (exact) mass is 367 g/mol. The van der Waals surface area contributed by atoms with E-state index in [9.17, 15) is 9.59 Å². The second kappa shape index (κ2) is 7.40. The molecule has 1 aliphatic heterocycles. The predicted molar refractivity (Wildman–Crippen MR) is 93.7 cm³/mol. The topological polar surface area (TPSA) is 103 Å². The SMILES string of the molecule is O=C(c1ccc(=O)oc1)N1CCC(Oc2ccc(-n3cccn3)nn2)CC1. The van der Waals surface area contributed by atoms with E-state index in [1.807, 2.05) is 6.07 Å². The van der Waals surface area contributed by atoms with Crippen molar-refractivity contribution in [3.63, 3.8) is 0 Å². The average molecular weight is 367 g/mol. The van der Waals surface area contributed by atoms with Gasteiger partial charge in [-0.2, -0.15) is 5.10 Å². The fourth-order valence-corrected chi connectivity index (χ4v) is 2.91. The zero-order chi connectivity index (χ0) is 18.6. The second-order valence-corrected chi connectivity index (χ2v) is 6.13. The molecule has 0 radical (unpaired) electrons. The van der Waals surface area contributed by atoms with Gasteiger partial charge in [0.05, 0.1) is 5.56 Å². The first-order chi connectivity index (χ1) is 13.2. The summed E-state index contributed by atoms with van der Waals surface area (Å²) in [6.45, 7) is 1.11. The van der Waals surface area contributed by atoms with Crippen LogP contribution in [-0.4, -0.2) is 50.0 Å². The summed E-state index contributed by atoms with van der Waals surface area (Å²) in [6, 6.07) is 8.08. The highest BCUT2D eigenvalue weighted by Crippen LogP contribution is 2.18. The molecule has 4 rings (SSSR count). The summed E-state index contributed by atoms with van der Waals surface area (Å²) < 4.78 is 12.3. The van der Waals surface area contributed by atoms with Crippen molar-refractivity contribution in [1.29, 1.82) is 0 Å². The van der Waals surface area contributed by atoms with Crippen LogP contribution in [0.3, 0.4) is 0 Å². The van der Waals surface area contributed by atoms with Gasteiger partial charge in [-0.3, -0.25) is 4.79 Å². The van der Waals surface area contributed by atoms with Crippen molar-refractivity contribution < 1.29 is 13.9 Å². The molecule has 3 aromatic rings. The van der Waals surface area contributed by atoms with Gasteiger partial charge in [0.1, 0.15) is 12.4 Å². The van der Waals surface area contributed by atoms with Gasteiger partial charge in [0.15, 0.2) is 5.82 Å². The summed E-state index contributed by atoms with van der Waals surface area (Å²) >= 11 is 0. The molecule has 1 amide bonds. The van der Waals surface area contributed by atoms with Gasteiger partial charge in [0.25, 0.3) is 5.91 Å². The van der Waals surface area contributed by atoms with Crippen LogP contribution in [0.15, 0.2) is 58.2 Å². The number of nitrogens with zero attached hydrogens (tertiary/aromatic N) is 5. The summed E-state index contributed by atoms with van der Waals surface area (Å²) in [6.07, 6.45) is 5.99. The molecule has 0 bridgehead atoms. The van der Waals surface area contributed by atoms with Gasteiger partial charge < -0.3 is 14.1 Å². The number of rotatable bonds is 4. The van der Waals surface area contributed by atoms with Crippen molar-refractivity contribution >= 4 is 5.91 Å². The maximum absolute atomic E-state index is 12.4. The van der Waals surface area contributed by atoms with Crippen LogP contribution in [0.1, 0.15) is 23.2 Å². The lowest BCUT2D eigenvalue weighted by Gasteiger charge is -2.31. The molecule has 0 N–H and O–H groups in total. The molecule has 0 aliphatic carbocycles. The van der Waals surface area contributed by atoms with E-state index in [0.29, 0.717) is 43.2 Å². The highest BCUT2D eigenvalue weighted by Gasteiger charge is 2.25. The molecule has 3 aromatic heterocycles. The number of carbonyl (C=O) groups is 1. The number of hydrogen-bond donors (Lipinski definition) is 0. The number of aromatic nitrogens is 4. The number of piperidine rings is 1. The van der Waals surface area contributed by atoms with Crippen molar-refractivity contribution in [3.05, 3.63) is 65.0 Å². The third-order valence-corrected chi connectivity index (χ3v) is 4.33. The van der Waals surface area contributed by atoms with Gasteiger partial charge >= 0.3 is 5.63 Å². The molecule has 138 valence electrons. The maximum Gasteiger partial charge on any atom is 0.335 e. The van der Waals surface area contributed by atoms with Gasteiger partial charge in [-0.25, -0.2) is 9.48 Å². The molecule has 9 heteroatoms. The Hall–Kier alpha value is -3.49. The summed E-state index contributed by atoms with van der Waals surface area (Å²) in [5.74, 6) is 0.906. The summed E-state index contributed by atoms with van der Waals surface area (Å²) in [5, 5.41) is 12.3. The summed E-state index contributed by atoms with van der Waals surface area (Å²) in [4.78, 5) is 25.1. The largest absolute Gasteiger partial charge is 0.473 e. The van der Waals surface area contributed by atoms with Crippen molar-refractivity contribution in [2.75, 3.05) is 13.1 Å². The number of ether oxygens (including phenoxy) is 1. The zero-order valence-electron chi connectivity index (χ0n) is 14.4. The molecule has 0 spiro atoms. The van der Waals surface area contributed by atoms with Crippen LogP contribution in [0.25, 0.3) is 5.82 Å². The normalized spacial score (nSPS) is 14.9. The van der Waals surface area contributed by atoms with Crippen LogP contribution in [0.4, 0.5) is 0 Å². The Kier molecular flexibility index (Phi) is 4.65. The lowest BCUT2D eigenvalue weighted by Crippen LogP contribution is -2.41. The van der Waals surface area contributed by atoms with Crippen molar-refractivity contribution in [2.45, 2.75) is 18.9 Å². The minimum absolute atomic E-state index is 0.0346. The molecule has 4 heterocycles. The van der Waals surface area contributed by atoms with Gasteiger partial charge in [-0.15, -0.1) is 10.2 Å². The second-order valence-electron chi connectivity index (χ2n) is 6.13. The molecule has 1 aliphatic rings. The third-order valence-electron chi connectivity index (χ3n) is 4.33. The Bertz CT molecular complexity index is 940. The molecule has 1 fully saturated rings. The lowest BCUT2D eigenvalue weighted by atomic mass is 10.1. The van der Waals surface area contributed by atoms with Crippen molar-refractivity contribution in [1.82, 2.24) is 24.9 Å². The minimum atomic E-state index is -0.474. The first-order valence-corrected chi connectivity index (χ1v) is 8.57. The highest BCUT2D eigenvalue weighted by atomic mass is 16.5. The lowest BCUT2D eigenvalue weighted by molar-refractivity contribution is 0.0583. The fourth-order valence-electron chi connectivity index (χ4n) is 2.91. The quantitative estimate of drug-likeness (QED) is 0.684. The van der Waals surface area contributed by atoms with Crippen LogP contribution in [0, 0.1) is 0 Å². The van der Waals surface area contributed by atoms with Crippen molar-refractivity contribution in [3.8, 4) is 11.7 Å². The summed E-state index contributed by atoms with van der Waals surface area (Å²) in [7, 11) is 0. The molecule has 0 unspecified atom stereocenters. The Balaban J connectivity index is 1.32. The number of hydrogen-bond acceptors (Lipinski definition) is 7. The average Bonchev–Trinajstić information content (AvgIpc) is 3.24. The van der Waals surface area contributed by atoms with E-state index in [1.54, 1.807) is 34.1 Å². The van der Waals surface area contributed by atoms with Gasteiger partial charge in [0.2, 0.25) is 5.88 Å². The standard InChI is InChI=1S/C18H17N5O4/c24-17-5-2-13(12-26-17)18(25)22-10-6-14(7-11-22)27-16-4-3-15(20-21-16)23-9-1-8-19-23/h1-5,8-9,12,14H,6-7,10-11H2. The fraction of sp³-hybridized carbons (Fsp3) is 0.278. The van der Waals surface area contributed by atoms with Gasteiger partial charge in [0, 0.05) is 50.5 Å². The number of amides is 1. The first-order valence-electron chi connectivity index (χ1n) is 8.57. The van der Waals surface area contributed by atoms with Crippen LogP contribution >= 0.6 is 0 Å². The zero-order valence-corrected chi connectivity index (χ0v) is 14.4. The van der Waals surface area contributed by atoms with Gasteiger partial charge in [-0.1, -0.05) is 0 Å². The third kappa shape index (κ3) is 3.86. The van der Waals surface area contributed by atoms with Crippen LogP contribution in [0.5, 0.6) is 5.88 Å². The Morgan fingerprint density at radius 1 is 1.15 bits per heavy atom. The number of likely N-dealkylation sites (tertiary alicyclic amines) is 1. The van der Waals surface area contributed by atoms with E-state index in [0.717, 1.165) is 0 Å². The van der Waals surface area contributed by atoms with Gasteiger partial charge in [-0.05, 0) is 18.2 Å². The molecule has 0 atom stereocenters. The van der Waals surface area contributed by atoms with Crippen LogP contribution < -0.4 is 10.4 Å². The predicted octanol–water partition coefficient (Wildman–Crippen LogP) is 1.30. The Labute approximate surface area is 154 Å². The number of carbonyl (C=O) groups excluding carboxylic acids is 1. The Morgan fingerprint density at radius 3 is 2.63 bits per heavy atom. The van der Waals surface area contributed by atoms with E-state index in [4.69, 9.17) is 9.15 Å². The smallest absolute Gasteiger partial charge is 0.335 e. The highest BCUT2D eigenvalue weighted by molar-refractivity contribution is 5.93. The van der Waals surface area contributed by atoms with Crippen LogP contribution in [0.2, 0.25) is 0 Å². The molecular formula is C18H17N5O4. The van der Waals surface area contributed by atoms with Crippen LogP contribution in [-0.2, 0) is 0 Å². The van der Waals surface area contributed by atoms with Crippen molar-refractivity contribution in [2.24, 2.45) is 0 Å². The van der Waals surface area contributed by atoms with E-state index in [1.165, 1.54) is 18.4 Å². The molecule has 1 saturated heterocycles. The molecule has 0 saturated carbocycles. The van der Waals surface area contributed by atoms with E-state index < -0.39 is 5.63 Å².